The SMILES string of the molecule is [CH2]c1ccc(C#N)cc1C. The van der Waals surface area contributed by atoms with E-state index in [1.807, 2.05) is 19.1 Å². The van der Waals surface area contributed by atoms with Crippen molar-refractivity contribution in [1.82, 2.24) is 0 Å². The molecule has 1 radical (unpaired) electrons. The van der Waals surface area contributed by atoms with E-state index in [0.717, 1.165) is 11.1 Å². The van der Waals surface area contributed by atoms with Crippen molar-refractivity contribution in [2.75, 3.05) is 0 Å². The largest absolute Gasteiger partial charge is 0.192 e. The number of aryl methyl sites for hydroxylation is 1. The van der Waals surface area contributed by atoms with E-state index < -0.39 is 0 Å². The van der Waals surface area contributed by atoms with Crippen LogP contribution in [0.3, 0.4) is 0 Å². The van der Waals surface area contributed by atoms with Gasteiger partial charge in [-0.05, 0) is 37.1 Å². The van der Waals surface area contributed by atoms with Crippen LogP contribution in [0.4, 0.5) is 0 Å². The van der Waals surface area contributed by atoms with Gasteiger partial charge in [0, 0.05) is 0 Å². The number of nitrogens with zero attached hydrogens (tertiary/aromatic N) is 1. The first-order chi connectivity index (χ1) is 4.74. The second kappa shape index (κ2) is 2.53. The first kappa shape index (κ1) is 6.82. The molecule has 0 aromatic heterocycles. The summed E-state index contributed by atoms with van der Waals surface area (Å²) in [5, 5.41) is 8.48. The van der Waals surface area contributed by atoms with E-state index in [9.17, 15) is 0 Å². The minimum Gasteiger partial charge on any atom is -0.192 e. The first-order valence-electron chi connectivity index (χ1n) is 3.07. The lowest BCUT2D eigenvalue weighted by Crippen LogP contribution is -1.81. The number of nitriles is 1. The molecule has 1 nitrogen and oxygen atoms in total. The van der Waals surface area contributed by atoms with Crippen molar-refractivity contribution in [2.24, 2.45) is 0 Å². The third-order valence-electron chi connectivity index (χ3n) is 1.47. The van der Waals surface area contributed by atoms with Crippen LogP contribution < -0.4 is 0 Å². The van der Waals surface area contributed by atoms with Crippen LogP contribution in [0.5, 0.6) is 0 Å². The van der Waals surface area contributed by atoms with Gasteiger partial charge >= 0.3 is 0 Å². The molecule has 1 heteroatoms. The fourth-order valence-corrected chi connectivity index (χ4v) is 0.765. The van der Waals surface area contributed by atoms with Gasteiger partial charge in [0.15, 0.2) is 0 Å². The molecule has 0 aliphatic rings. The topological polar surface area (TPSA) is 23.8 Å². The lowest BCUT2D eigenvalue weighted by Gasteiger charge is -1.96. The first-order valence-corrected chi connectivity index (χ1v) is 3.07. The van der Waals surface area contributed by atoms with E-state index in [4.69, 9.17) is 5.26 Å². The van der Waals surface area contributed by atoms with Crippen LogP contribution in [0.25, 0.3) is 0 Å². The van der Waals surface area contributed by atoms with Gasteiger partial charge in [-0.1, -0.05) is 6.07 Å². The van der Waals surface area contributed by atoms with Crippen molar-refractivity contribution in [1.29, 1.82) is 5.26 Å². The molecule has 0 fully saturated rings. The smallest absolute Gasteiger partial charge is 0.0991 e. The fourth-order valence-electron chi connectivity index (χ4n) is 0.765. The van der Waals surface area contributed by atoms with Crippen molar-refractivity contribution in [3.8, 4) is 6.07 Å². The normalized spacial score (nSPS) is 8.90. The zero-order chi connectivity index (χ0) is 7.56. The van der Waals surface area contributed by atoms with E-state index in [0.29, 0.717) is 5.56 Å². The van der Waals surface area contributed by atoms with Gasteiger partial charge in [-0.15, -0.1) is 0 Å². The third-order valence-corrected chi connectivity index (χ3v) is 1.47. The Hall–Kier alpha value is -1.29. The van der Waals surface area contributed by atoms with Gasteiger partial charge in [0.25, 0.3) is 0 Å². The Morgan fingerprint density at radius 3 is 2.70 bits per heavy atom. The molecule has 0 atom stereocenters. The van der Waals surface area contributed by atoms with Gasteiger partial charge in [0.2, 0.25) is 0 Å². The number of benzene rings is 1. The molecule has 0 saturated carbocycles. The van der Waals surface area contributed by atoms with Crippen LogP contribution in [0.1, 0.15) is 16.7 Å². The second-order valence-electron chi connectivity index (χ2n) is 2.25. The molecule has 0 unspecified atom stereocenters. The molecule has 0 amide bonds. The summed E-state index contributed by atoms with van der Waals surface area (Å²) in [4.78, 5) is 0. The Bertz CT molecular complexity index is 281. The van der Waals surface area contributed by atoms with E-state index in [1.54, 1.807) is 6.07 Å². The van der Waals surface area contributed by atoms with Gasteiger partial charge in [-0.2, -0.15) is 5.26 Å². The lowest BCUT2D eigenvalue weighted by molar-refractivity contribution is 1.38. The quantitative estimate of drug-likeness (QED) is 0.527. The Labute approximate surface area is 60.9 Å². The summed E-state index contributed by atoms with van der Waals surface area (Å²) < 4.78 is 0. The lowest BCUT2D eigenvalue weighted by atomic mass is 10.1. The maximum absolute atomic E-state index is 8.48. The van der Waals surface area contributed by atoms with Crippen molar-refractivity contribution >= 4 is 0 Å². The molecule has 1 rings (SSSR count). The summed E-state index contributed by atoms with van der Waals surface area (Å²) >= 11 is 0. The van der Waals surface area contributed by atoms with Crippen molar-refractivity contribution in [2.45, 2.75) is 6.92 Å². The summed E-state index contributed by atoms with van der Waals surface area (Å²) in [6.07, 6.45) is 0. The molecule has 1 aromatic carbocycles. The summed E-state index contributed by atoms with van der Waals surface area (Å²) in [5.74, 6) is 0. The number of hydrogen-bond donors (Lipinski definition) is 0. The zero-order valence-corrected chi connectivity index (χ0v) is 5.89. The molecule has 0 heterocycles. The van der Waals surface area contributed by atoms with Crippen LogP contribution >= 0.6 is 0 Å². The average Bonchev–Trinajstić information content (AvgIpc) is 1.95. The van der Waals surface area contributed by atoms with E-state index in [2.05, 4.69) is 13.0 Å². The summed E-state index contributed by atoms with van der Waals surface area (Å²) in [5.41, 5.74) is 2.75. The monoisotopic (exact) mass is 130 g/mol. The predicted octanol–water partition coefficient (Wildman–Crippen LogP) is 2.05. The van der Waals surface area contributed by atoms with Gasteiger partial charge in [0.1, 0.15) is 0 Å². The minimum absolute atomic E-state index is 0.699. The minimum atomic E-state index is 0.699. The predicted molar refractivity (Wildman–Crippen MR) is 40.4 cm³/mol. The van der Waals surface area contributed by atoms with Crippen LogP contribution in [-0.4, -0.2) is 0 Å². The second-order valence-corrected chi connectivity index (χ2v) is 2.25. The summed E-state index contributed by atoms with van der Waals surface area (Å²) in [7, 11) is 0. The molecule has 0 saturated heterocycles. The van der Waals surface area contributed by atoms with E-state index in [-0.39, 0.29) is 0 Å². The summed E-state index contributed by atoms with van der Waals surface area (Å²) in [6, 6.07) is 7.53. The zero-order valence-electron chi connectivity index (χ0n) is 5.89. The van der Waals surface area contributed by atoms with Crippen LogP contribution in [-0.2, 0) is 0 Å². The molecule has 0 bridgehead atoms. The molecule has 0 N–H and O–H groups in total. The molecule has 0 aliphatic carbocycles. The fraction of sp³-hybridized carbons (Fsp3) is 0.111. The van der Waals surface area contributed by atoms with Crippen molar-refractivity contribution in [3.63, 3.8) is 0 Å². The van der Waals surface area contributed by atoms with Gasteiger partial charge < -0.3 is 0 Å². The maximum Gasteiger partial charge on any atom is 0.0991 e. The summed E-state index contributed by atoms with van der Waals surface area (Å²) in [6.45, 7) is 5.73. The van der Waals surface area contributed by atoms with Gasteiger partial charge in [-0.25, -0.2) is 0 Å². The van der Waals surface area contributed by atoms with Crippen LogP contribution in [0.2, 0.25) is 0 Å². The van der Waals surface area contributed by atoms with Crippen LogP contribution in [0.15, 0.2) is 18.2 Å². The molecular weight excluding hydrogens is 122 g/mol. The van der Waals surface area contributed by atoms with Gasteiger partial charge in [-0.3, -0.25) is 0 Å². The highest BCUT2D eigenvalue weighted by atomic mass is 14.2. The van der Waals surface area contributed by atoms with Crippen LogP contribution in [0, 0.1) is 25.2 Å². The Morgan fingerprint density at radius 1 is 1.50 bits per heavy atom. The highest BCUT2D eigenvalue weighted by molar-refractivity contribution is 5.38. The Morgan fingerprint density at radius 2 is 2.20 bits per heavy atom. The Kier molecular flexibility index (Phi) is 1.73. The number of rotatable bonds is 0. The molecule has 0 aliphatic heterocycles. The molecule has 10 heavy (non-hydrogen) atoms. The van der Waals surface area contributed by atoms with E-state index >= 15 is 0 Å². The average molecular weight is 130 g/mol. The molecular formula is C9H8N. The molecule has 0 spiro atoms. The van der Waals surface area contributed by atoms with Crippen molar-refractivity contribution in [3.05, 3.63) is 41.8 Å². The highest BCUT2D eigenvalue weighted by Crippen LogP contribution is 2.07. The van der Waals surface area contributed by atoms with Crippen molar-refractivity contribution < 1.29 is 0 Å². The molecule has 49 valence electrons. The number of hydrogen-bond acceptors (Lipinski definition) is 1. The van der Waals surface area contributed by atoms with Gasteiger partial charge in [0.05, 0.1) is 11.6 Å². The standard InChI is InChI=1S/C9H8N/c1-7-3-4-9(6-10)5-8(7)2/h3-5H,1H2,2H3. The maximum atomic E-state index is 8.48. The Balaban J connectivity index is 3.20. The highest BCUT2D eigenvalue weighted by Gasteiger charge is 1.92. The third kappa shape index (κ3) is 1.16. The van der Waals surface area contributed by atoms with E-state index in [1.165, 1.54) is 0 Å². The molecule has 1 aromatic rings.